The maximum atomic E-state index is 11.1. The van der Waals surface area contributed by atoms with Crippen LogP contribution in [0.4, 0.5) is 5.69 Å². The molecule has 0 aliphatic rings. The average molecular weight is 368 g/mol. The maximum Gasteiger partial charge on any atom is 0.147 e. The lowest BCUT2D eigenvalue weighted by Crippen LogP contribution is -2.14. The number of hydrogen-bond acceptors (Lipinski definition) is 3. The summed E-state index contributed by atoms with van der Waals surface area (Å²) in [6, 6.07) is 24.3. The van der Waals surface area contributed by atoms with Crippen LogP contribution >= 0.6 is 0 Å². The van der Waals surface area contributed by atoms with Gasteiger partial charge in [0.2, 0.25) is 0 Å². The third-order valence-electron chi connectivity index (χ3n) is 5.15. The van der Waals surface area contributed by atoms with Crippen molar-refractivity contribution < 1.29 is 5.11 Å². The first-order valence-corrected chi connectivity index (χ1v) is 9.51. The molecule has 4 aromatic rings. The van der Waals surface area contributed by atoms with Crippen LogP contribution in [0.2, 0.25) is 0 Å². The molecule has 0 saturated heterocycles. The lowest BCUT2D eigenvalue weighted by Gasteiger charge is -2.24. The molecule has 28 heavy (non-hydrogen) atoms. The van der Waals surface area contributed by atoms with E-state index in [1.54, 1.807) is 0 Å². The lowest BCUT2D eigenvalue weighted by atomic mass is 9.92. The number of fused-ring (bicyclic) bond motifs is 1. The Bertz CT molecular complexity index is 1140. The second-order valence-electron chi connectivity index (χ2n) is 7.33. The largest absolute Gasteiger partial charge is 0.505 e. The minimum Gasteiger partial charge on any atom is -0.505 e. The van der Waals surface area contributed by atoms with Gasteiger partial charge in [-0.05, 0) is 50.1 Å². The molecule has 1 heterocycles. The van der Waals surface area contributed by atoms with E-state index < -0.39 is 0 Å². The van der Waals surface area contributed by atoms with Crippen LogP contribution < -0.4 is 5.32 Å². The van der Waals surface area contributed by atoms with Crippen molar-refractivity contribution in [2.75, 3.05) is 5.32 Å². The van der Waals surface area contributed by atoms with Crippen LogP contribution in [0.3, 0.4) is 0 Å². The number of anilines is 1. The van der Waals surface area contributed by atoms with E-state index in [1.807, 2.05) is 61.5 Å². The highest BCUT2D eigenvalue weighted by Crippen LogP contribution is 2.37. The molecule has 0 radical (unpaired) electrons. The average Bonchev–Trinajstić information content (AvgIpc) is 2.70. The number of aromatic hydroxyl groups is 1. The molecule has 3 aromatic carbocycles. The Kier molecular flexibility index (Phi) is 4.74. The highest BCUT2D eigenvalue weighted by molar-refractivity contribution is 5.86. The van der Waals surface area contributed by atoms with E-state index in [9.17, 15) is 5.11 Å². The Morgan fingerprint density at radius 2 is 1.57 bits per heavy atom. The van der Waals surface area contributed by atoms with Gasteiger partial charge in [0.25, 0.3) is 0 Å². The molecule has 0 saturated carbocycles. The molecule has 2 N–H and O–H groups in total. The van der Waals surface area contributed by atoms with Gasteiger partial charge >= 0.3 is 0 Å². The molecule has 1 atom stereocenters. The van der Waals surface area contributed by atoms with Crippen molar-refractivity contribution in [2.24, 2.45) is 0 Å². The first-order valence-electron chi connectivity index (χ1n) is 9.51. The summed E-state index contributed by atoms with van der Waals surface area (Å²) in [5, 5.41) is 15.7. The Balaban J connectivity index is 1.91. The van der Waals surface area contributed by atoms with E-state index in [-0.39, 0.29) is 11.8 Å². The number of rotatable bonds is 4. The zero-order valence-electron chi connectivity index (χ0n) is 16.4. The number of phenolic OH excluding ortho intramolecular Hbond substituents is 1. The van der Waals surface area contributed by atoms with Crippen LogP contribution in [-0.2, 0) is 0 Å². The molecule has 0 amide bonds. The minimum atomic E-state index is -0.186. The number of nitrogens with zero attached hydrogens (tertiary/aromatic N) is 1. The number of pyridine rings is 1. The van der Waals surface area contributed by atoms with Crippen LogP contribution in [0.5, 0.6) is 5.75 Å². The second-order valence-corrected chi connectivity index (χ2v) is 7.33. The van der Waals surface area contributed by atoms with E-state index in [4.69, 9.17) is 0 Å². The highest BCUT2D eigenvalue weighted by Gasteiger charge is 2.21. The van der Waals surface area contributed by atoms with E-state index in [2.05, 4.69) is 42.3 Å². The summed E-state index contributed by atoms with van der Waals surface area (Å²) in [5.74, 6) is 0.232. The Labute approximate surface area is 165 Å². The van der Waals surface area contributed by atoms with Gasteiger partial charge < -0.3 is 10.4 Å². The number of hydrogen-bond donors (Lipinski definition) is 2. The first kappa shape index (κ1) is 18.1. The number of aromatic nitrogens is 1. The predicted molar refractivity (Wildman–Crippen MR) is 116 cm³/mol. The zero-order valence-corrected chi connectivity index (χ0v) is 16.4. The third kappa shape index (κ3) is 3.44. The van der Waals surface area contributed by atoms with E-state index in [1.165, 1.54) is 11.1 Å². The Hall–Kier alpha value is -3.33. The first-order chi connectivity index (χ1) is 13.5. The number of para-hydroxylation sites is 1. The van der Waals surface area contributed by atoms with Gasteiger partial charge in [0.1, 0.15) is 11.3 Å². The maximum absolute atomic E-state index is 11.1. The molecule has 1 aromatic heterocycles. The second kappa shape index (κ2) is 7.35. The number of benzene rings is 3. The van der Waals surface area contributed by atoms with E-state index in [0.29, 0.717) is 5.52 Å². The smallest absolute Gasteiger partial charge is 0.147 e. The molecule has 0 bridgehead atoms. The molecule has 0 aliphatic heterocycles. The quantitative estimate of drug-likeness (QED) is 0.460. The van der Waals surface area contributed by atoms with Crippen molar-refractivity contribution in [2.45, 2.75) is 26.8 Å². The fourth-order valence-corrected chi connectivity index (χ4v) is 3.61. The van der Waals surface area contributed by atoms with Gasteiger partial charge in [-0.3, -0.25) is 0 Å². The molecular weight excluding hydrogens is 344 g/mol. The van der Waals surface area contributed by atoms with Gasteiger partial charge in [-0.1, -0.05) is 60.2 Å². The van der Waals surface area contributed by atoms with Crippen molar-refractivity contribution >= 4 is 16.6 Å². The molecule has 140 valence electrons. The third-order valence-corrected chi connectivity index (χ3v) is 5.15. The van der Waals surface area contributed by atoms with Gasteiger partial charge in [0.05, 0.1) is 6.04 Å². The summed E-state index contributed by atoms with van der Waals surface area (Å²) in [7, 11) is 0. The fraction of sp³-hybridized carbons (Fsp3) is 0.160. The summed E-state index contributed by atoms with van der Waals surface area (Å²) in [6.45, 7) is 6.14. The molecule has 0 spiro atoms. The van der Waals surface area contributed by atoms with Crippen LogP contribution in [-0.4, -0.2) is 10.1 Å². The van der Waals surface area contributed by atoms with Crippen LogP contribution in [0.1, 0.15) is 34.0 Å². The highest BCUT2D eigenvalue weighted by atomic mass is 16.3. The summed E-state index contributed by atoms with van der Waals surface area (Å²) in [6.07, 6.45) is 0. The molecule has 0 aliphatic carbocycles. The van der Waals surface area contributed by atoms with Gasteiger partial charge in [-0.25, -0.2) is 4.98 Å². The van der Waals surface area contributed by atoms with Crippen molar-refractivity contribution in [3.05, 3.63) is 101 Å². The predicted octanol–water partition coefficient (Wildman–Crippen LogP) is 6.07. The molecule has 4 rings (SSSR count). The minimum absolute atomic E-state index is 0.186. The number of nitrogens with one attached hydrogen (secondary N) is 1. The Morgan fingerprint density at radius 1 is 0.821 bits per heavy atom. The van der Waals surface area contributed by atoms with Gasteiger partial charge in [-0.15, -0.1) is 0 Å². The monoisotopic (exact) mass is 368 g/mol. The normalized spacial score (nSPS) is 12.1. The molecule has 3 heteroatoms. The van der Waals surface area contributed by atoms with Crippen LogP contribution in [0, 0.1) is 20.8 Å². The molecular formula is C25H24N2O. The SMILES string of the molecule is Cc1ccc(C)c(C(Nc2ccccc2)c2ccc3ccc(C)nc3c2O)c1. The topological polar surface area (TPSA) is 45.2 Å². The van der Waals surface area contributed by atoms with Crippen molar-refractivity contribution in [1.82, 2.24) is 4.98 Å². The zero-order chi connectivity index (χ0) is 19.7. The van der Waals surface area contributed by atoms with E-state index >= 15 is 0 Å². The van der Waals surface area contributed by atoms with Crippen molar-refractivity contribution in [1.29, 1.82) is 0 Å². The summed E-state index contributed by atoms with van der Waals surface area (Å²) < 4.78 is 0. The summed E-state index contributed by atoms with van der Waals surface area (Å²) in [5.41, 5.74) is 6.87. The molecule has 3 nitrogen and oxygen atoms in total. The summed E-state index contributed by atoms with van der Waals surface area (Å²) in [4.78, 5) is 4.58. The van der Waals surface area contributed by atoms with Gasteiger partial charge in [-0.2, -0.15) is 0 Å². The van der Waals surface area contributed by atoms with Crippen molar-refractivity contribution in [3.8, 4) is 5.75 Å². The molecule has 1 unspecified atom stereocenters. The fourth-order valence-electron chi connectivity index (χ4n) is 3.61. The van der Waals surface area contributed by atoms with Crippen molar-refractivity contribution in [3.63, 3.8) is 0 Å². The molecule has 0 fully saturated rings. The standard InChI is InChI=1S/C25H24N2O/c1-16-9-10-17(2)22(15-16)24(27-20-7-5-4-6-8-20)21-14-13-19-12-11-18(3)26-23(19)25(21)28/h4-15,24,27-28H,1-3H3. The lowest BCUT2D eigenvalue weighted by molar-refractivity contribution is 0.471. The van der Waals surface area contributed by atoms with Gasteiger partial charge in [0.15, 0.2) is 0 Å². The van der Waals surface area contributed by atoms with E-state index in [0.717, 1.165) is 27.9 Å². The van der Waals surface area contributed by atoms with Crippen LogP contribution in [0.25, 0.3) is 10.9 Å². The number of aryl methyl sites for hydroxylation is 3. The van der Waals surface area contributed by atoms with Crippen LogP contribution in [0.15, 0.2) is 72.8 Å². The van der Waals surface area contributed by atoms with Gasteiger partial charge in [0, 0.05) is 22.3 Å². The Morgan fingerprint density at radius 3 is 2.36 bits per heavy atom. The number of phenols is 1. The summed E-state index contributed by atoms with van der Waals surface area (Å²) >= 11 is 0.